The van der Waals surface area contributed by atoms with E-state index >= 15 is 0 Å². The van der Waals surface area contributed by atoms with Crippen LogP contribution in [0.5, 0.6) is 0 Å². The van der Waals surface area contributed by atoms with Crippen LogP contribution in [0.15, 0.2) is 24.3 Å². The molecule has 0 aliphatic carbocycles. The van der Waals surface area contributed by atoms with Crippen LogP contribution in [-0.4, -0.2) is 47.7 Å². The number of hydrogen-bond acceptors (Lipinski definition) is 5. The van der Waals surface area contributed by atoms with Crippen LogP contribution in [0.1, 0.15) is 50.9 Å². The summed E-state index contributed by atoms with van der Waals surface area (Å²) in [5.74, 6) is -0.844. The number of anilines is 1. The quantitative estimate of drug-likeness (QED) is 0.832. The summed E-state index contributed by atoms with van der Waals surface area (Å²) in [6, 6.07) is 6.02. The molecule has 1 aromatic carbocycles. The van der Waals surface area contributed by atoms with Crippen molar-refractivity contribution < 1.29 is 23.9 Å². The Kier molecular flexibility index (Phi) is 6.23. The Hall–Kier alpha value is -2.57. The lowest BCUT2D eigenvalue weighted by Crippen LogP contribution is -2.45. The number of rotatable bonds is 4. The molecule has 142 valence electrons. The molecule has 1 aliphatic rings. The number of esters is 1. The largest absolute Gasteiger partial charge is 0.462 e. The molecule has 0 saturated carbocycles. The molecule has 1 atom stereocenters. The minimum atomic E-state index is -0.628. The first-order valence-electron chi connectivity index (χ1n) is 8.79. The van der Waals surface area contributed by atoms with E-state index in [0.29, 0.717) is 18.7 Å². The fraction of sp³-hybridized carbons (Fsp3) is 0.526. The van der Waals surface area contributed by atoms with Gasteiger partial charge in [-0.05, 0) is 52.7 Å². The summed E-state index contributed by atoms with van der Waals surface area (Å²) < 4.78 is 10.4. The Labute approximate surface area is 153 Å². The molecule has 2 rings (SSSR count). The zero-order chi connectivity index (χ0) is 19.3. The van der Waals surface area contributed by atoms with Crippen LogP contribution in [0.4, 0.5) is 10.5 Å². The standard InChI is InChI=1S/C19H26N2O5/c1-5-25-17(23)13-9-6-7-10-14(13)20-16(22)15-11-8-12-21(15)18(24)26-19(2,3)4/h6-7,9-10,15H,5,8,11-12H2,1-4H3,(H,20,22). The number of nitrogens with one attached hydrogen (secondary N) is 1. The maximum Gasteiger partial charge on any atom is 0.410 e. The van der Waals surface area contributed by atoms with Crippen LogP contribution < -0.4 is 5.32 Å². The van der Waals surface area contributed by atoms with Gasteiger partial charge in [-0.3, -0.25) is 9.69 Å². The Bertz CT molecular complexity index is 681. The number of carbonyl (C=O) groups is 3. The van der Waals surface area contributed by atoms with Gasteiger partial charge in [-0.1, -0.05) is 12.1 Å². The van der Waals surface area contributed by atoms with Crippen LogP contribution >= 0.6 is 0 Å². The van der Waals surface area contributed by atoms with Gasteiger partial charge in [0.2, 0.25) is 5.91 Å². The first kappa shape index (κ1) is 19.8. The Morgan fingerprint density at radius 3 is 2.58 bits per heavy atom. The van der Waals surface area contributed by atoms with Crippen LogP contribution in [0, 0.1) is 0 Å². The number of nitrogens with zero attached hydrogens (tertiary/aromatic N) is 1. The number of carbonyl (C=O) groups excluding carboxylic acids is 3. The molecule has 1 aliphatic heterocycles. The lowest BCUT2D eigenvalue weighted by atomic mass is 10.1. The minimum absolute atomic E-state index is 0.246. The maximum atomic E-state index is 12.7. The van der Waals surface area contributed by atoms with Gasteiger partial charge in [-0.15, -0.1) is 0 Å². The van der Waals surface area contributed by atoms with Gasteiger partial charge < -0.3 is 14.8 Å². The molecule has 0 spiro atoms. The predicted octanol–water partition coefficient (Wildman–Crippen LogP) is 3.20. The van der Waals surface area contributed by atoms with Gasteiger partial charge in [-0.25, -0.2) is 9.59 Å². The van der Waals surface area contributed by atoms with Crippen molar-refractivity contribution in [3.05, 3.63) is 29.8 Å². The van der Waals surface area contributed by atoms with E-state index < -0.39 is 23.7 Å². The van der Waals surface area contributed by atoms with Gasteiger partial charge in [-0.2, -0.15) is 0 Å². The molecule has 1 saturated heterocycles. The van der Waals surface area contributed by atoms with Gasteiger partial charge in [0, 0.05) is 6.54 Å². The average molecular weight is 362 g/mol. The SMILES string of the molecule is CCOC(=O)c1ccccc1NC(=O)C1CCCN1C(=O)OC(C)(C)C. The van der Waals surface area contributed by atoms with Gasteiger partial charge in [0.15, 0.2) is 0 Å². The van der Waals surface area contributed by atoms with Crippen molar-refractivity contribution >= 4 is 23.7 Å². The Morgan fingerprint density at radius 1 is 1.23 bits per heavy atom. The molecule has 0 bridgehead atoms. The lowest BCUT2D eigenvalue weighted by Gasteiger charge is -2.28. The second-order valence-corrected chi connectivity index (χ2v) is 7.09. The van der Waals surface area contributed by atoms with E-state index in [1.165, 1.54) is 4.90 Å². The van der Waals surface area contributed by atoms with E-state index in [-0.39, 0.29) is 18.1 Å². The summed E-state index contributed by atoms with van der Waals surface area (Å²) in [5, 5.41) is 2.75. The molecule has 7 nitrogen and oxygen atoms in total. The van der Waals surface area contributed by atoms with Crippen molar-refractivity contribution in [2.75, 3.05) is 18.5 Å². The number of likely N-dealkylation sites (tertiary alicyclic amines) is 1. The minimum Gasteiger partial charge on any atom is -0.462 e. The molecule has 26 heavy (non-hydrogen) atoms. The second-order valence-electron chi connectivity index (χ2n) is 7.09. The van der Waals surface area contributed by atoms with Crippen molar-refractivity contribution in [1.29, 1.82) is 0 Å². The summed E-state index contributed by atoms with van der Waals surface area (Å²) >= 11 is 0. The number of para-hydroxylation sites is 1. The molecule has 1 unspecified atom stereocenters. The summed E-state index contributed by atoms with van der Waals surface area (Å²) in [5.41, 5.74) is 0.0218. The molecule has 1 aromatic rings. The Morgan fingerprint density at radius 2 is 1.92 bits per heavy atom. The van der Waals surface area contributed by atoms with Crippen LogP contribution in [0.25, 0.3) is 0 Å². The highest BCUT2D eigenvalue weighted by molar-refractivity contribution is 6.03. The highest BCUT2D eigenvalue weighted by Gasteiger charge is 2.36. The van der Waals surface area contributed by atoms with Gasteiger partial charge in [0.25, 0.3) is 0 Å². The van der Waals surface area contributed by atoms with E-state index in [1.54, 1.807) is 52.0 Å². The van der Waals surface area contributed by atoms with Crippen molar-refractivity contribution in [3.8, 4) is 0 Å². The van der Waals surface area contributed by atoms with Crippen molar-refractivity contribution in [3.63, 3.8) is 0 Å². The monoisotopic (exact) mass is 362 g/mol. The van der Waals surface area contributed by atoms with E-state index in [9.17, 15) is 14.4 Å². The first-order chi connectivity index (χ1) is 12.2. The molecular formula is C19H26N2O5. The summed E-state index contributed by atoms with van der Waals surface area (Å²) in [6.45, 7) is 7.78. The topological polar surface area (TPSA) is 84.9 Å². The van der Waals surface area contributed by atoms with Crippen LogP contribution in [0.3, 0.4) is 0 Å². The van der Waals surface area contributed by atoms with Gasteiger partial charge >= 0.3 is 12.1 Å². The van der Waals surface area contributed by atoms with E-state index in [1.807, 2.05) is 0 Å². The van der Waals surface area contributed by atoms with E-state index in [4.69, 9.17) is 9.47 Å². The third-order valence-electron chi connectivity index (χ3n) is 3.86. The molecule has 1 heterocycles. The highest BCUT2D eigenvalue weighted by atomic mass is 16.6. The smallest absolute Gasteiger partial charge is 0.410 e. The Balaban J connectivity index is 2.12. The number of ether oxygens (including phenoxy) is 2. The lowest BCUT2D eigenvalue weighted by molar-refractivity contribution is -0.120. The number of hydrogen-bond donors (Lipinski definition) is 1. The number of amides is 2. The van der Waals surface area contributed by atoms with Crippen molar-refractivity contribution in [2.24, 2.45) is 0 Å². The molecule has 0 radical (unpaired) electrons. The number of benzene rings is 1. The molecular weight excluding hydrogens is 336 g/mol. The fourth-order valence-corrected chi connectivity index (χ4v) is 2.77. The second kappa shape index (κ2) is 8.21. The van der Waals surface area contributed by atoms with Gasteiger partial charge in [0.05, 0.1) is 17.9 Å². The molecule has 2 amide bonds. The zero-order valence-corrected chi connectivity index (χ0v) is 15.7. The van der Waals surface area contributed by atoms with Gasteiger partial charge in [0.1, 0.15) is 11.6 Å². The maximum absolute atomic E-state index is 12.7. The molecule has 1 N–H and O–H groups in total. The third-order valence-corrected chi connectivity index (χ3v) is 3.86. The molecule has 7 heteroatoms. The predicted molar refractivity (Wildman–Crippen MR) is 97.0 cm³/mol. The van der Waals surface area contributed by atoms with E-state index in [2.05, 4.69) is 5.32 Å². The normalized spacial score (nSPS) is 16.9. The average Bonchev–Trinajstić information content (AvgIpc) is 3.04. The summed E-state index contributed by atoms with van der Waals surface area (Å²) in [4.78, 5) is 38.5. The third kappa shape index (κ3) is 4.97. The van der Waals surface area contributed by atoms with E-state index in [0.717, 1.165) is 6.42 Å². The summed E-state index contributed by atoms with van der Waals surface area (Å²) in [7, 11) is 0. The zero-order valence-electron chi connectivity index (χ0n) is 15.7. The van der Waals surface area contributed by atoms with Crippen molar-refractivity contribution in [1.82, 2.24) is 4.90 Å². The molecule has 0 aromatic heterocycles. The first-order valence-corrected chi connectivity index (χ1v) is 8.79. The van der Waals surface area contributed by atoms with Crippen LogP contribution in [-0.2, 0) is 14.3 Å². The van der Waals surface area contributed by atoms with Crippen LogP contribution in [0.2, 0.25) is 0 Å². The van der Waals surface area contributed by atoms with Crippen molar-refractivity contribution in [2.45, 2.75) is 52.2 Å². The molecule has 1 fully saturated rings. The summed E-state index contributed by atoms with van der Waals surface area (Å²) in [6.07, 6.45) is 0.762. The highest BCUT2D eigenvalue weighted by Crippen LogP contribution is 2.23. The fourth-order valence-electron chi connectivity index (χ4n) is 2.77.